The van der Waals surface area contributed by atoms with Gasteiger partial charge in [0, 0.05) is 44.3 Å². The topological polar surface area (TPSA) is 109 Å². The Balaban J connectivity index is 1.29. The monoisotopic (exact) mass is 469 g/mol. The molecule has 1 aliphatic carbocycles. The summed E-state index contributed by atoms with van der Waals surface area (Å²) in [7, 11) is 0. The molecule has 5 rings (SSSR count). The second-order valence-corrected chi connectivity index (χ2v) is 10.4. The van der Waals surface area contributed by atoms with E-state index in [2.05, 4.69) is 25.5 Å². The maximum absolute atomic E-state index is 13.1. The number of amides is 2. The van der Waals surface area contributed by atoms with Crippen molar-refractivity contribution in [2.45, 2.75) is 77.4 Å². The smallest absolute Gasteiger partial charge is 0.272 e. The average Bonchev–Trinajstić information content (AvgIpc) is 3.20. The standard InChI is InChI=1S/C24H35N7O3/c1-4-31-18(7-10-25-31)23(33)29-11-8-24(9-12-29)13-19(22-28-27-21(34-22)16(2)3)30(15-24)14-20(32)26-17-5-6-17/h7,10,16-17,19H,4-6,8-9,11-15H2,1-3H3,(H,26,32). The van der Waals surface area contributed by atoms with Crippen molar-refractivity contribution in [3.8, 4) is 0 Å². The van der Waals surface area contributed by atoms with Gasteiger partial charge in [0.05, 0.1) is 12.6 Å². The summed E-state index contributed by atoms with van der Waals surface area (Å²) < 4.78 is 7.78. The number of hydrogen-bond donors (Lipinski definition) is 1. The van der Waals surface area contributed by atoms with Crippen LogP contribution >= 0.6 is 0 Å². The van der Waals surface area contributed by atoms with Crippen LogP contribution in [-0.2, 0) is 11.3 Å². The van der Waals surface area contributed by atoms with Crippen molar-refractivity contribution in [3.63, 3.8) is 0 Å². The Hall–Kier alpha value is -2.75. The van der Waals surface area contributed by atoms with E-state index in [-0.39, 0.29) is 29.2 Å². The number of carbonyl (C=O) groups excluding carboxylic acids is 2. The summed E-state index contributed by atoms with van der Waals surface area (Å²) in [5.74, 6) is 1.50. The Morgan fingerprint density at radius 3 is 2.65 bits per heavy atom. The zero-order valence-corrected chi connectivity index (χ0v) is 20.4. The van der Waals surface area contributed by atoms with Gasteiger partial charge in [-0.15, -0.1) is 10.2 Å². The average molecular weight is 470 g/mol. The zero-order chi connectivity index (χ0) is 23.9. The fourth-order valence-electron chi connectivity index (χ4n) is 5.33. The molecular formula is C24H35N7O3. The molecule has 10 heteroatoms. The molecule has 0 radical (unpaired) electrons. The molecular weight excluding hydrogens is 434 g/mol. The van der Waals surface area contributed by atoms with E-state index in [1.54, 1.807) is 16.9 Å². The van der Waals surface area contributed by atoms with Crippen LogP contribution in [0.4, 0.5) is 0 Å². The maximum Gasteiger partial charge on any atom is 0.272 e. The Morgan fingerprint density at radius 1 is 1.24 bits per heavy atom. The molecule has 4 heterocycles. The van der Waals surface area contributed by atoms with E-state index in [0.29, 0.717) is 49.7 Å². The highest BCUT2D eigenvalue weighted by molar-refractivity contribution is 5.92. The second kappa shape index (κ2) is 9.13. The lowest BCUT2D eigenvalue weighted by molar-refractivity contribution is -0.122. The lowest BCUT2D eigenvalue weighted by Crippen LogP contribution is -2.45. The molecule has 3 aliphatic rings. The van der Waals surface area contributed by atoms with Crippen molar-refractivity contribution in [2.24, 2.45) is 5.41 Å². The number of hydrogen-bond acceptors (Lipinski definition) is 7. The van der Waals surface area contributed by atoms with Crippen LogP contribution in [0.3, 0.4) is 0 Å². The molecule has 1 spiro atoms. The van der Waals surface area contributed by atoms with E-state index in [4.69, 9.17) is 4.42 Å². The van der Waals surface area contributed by atoms with Gasteiger partial charge in [-0.25, -0.2) is 0 Å². The van der Waals surface area contributed by atoms with Gasteiger partial charge < -0.3 is 14.6 Å². The minimum absolute atomic E-state index is 0.0266. The number of carbonyl (C=O) groups is 2. The first-order chi connectivity index (χ1) is 16.4. The molecule has 2 aliphatic heterocycles. The predicted octanol–water partition coefficient (Wildman–Crippen LogP) is 2.36. The van der Waals surface area contributed by atoms with Crippen LogP contribution in [0.15, 0.2) is 16.7 Å². The van der Waals surface area contributed by atoms with E-state index in [0.717, 1.165) is 38.6 Å². The highest BCUT2D eigenvalue weighted by Gasteiger charge is 2.49. The van der Waals surface area contributed by atoms with Crippen LogP contribution in [0.1, 0.15) is 87.1 Å². The third kappa shape index (κ3) is 4.60. The molecule has 2 saturated heterocycles. The lowest BCUT2D eigenvalue weighted by atomic mass is 9.76. The first-order valence-electron chi connectivity index (χ1n) is 12.6. The molecule has 1 N–H and O–H groups in total. The van der Waals surface area contributed by atoms with E-state index < -0.39 is 0 Å². The van der Waals surface area contributed by atoms with Crippen molar-refractivity contribution >= 4 is 11.8 Å². The summed E-state index contributed by atoms with van der Waals surface area (Å²) in [6.07, 6.45) is 6.47. The number of nitrogens with one attached hydrogen (secondary N) is 1. The van der Waals surface area contributed by atoms with Gasteiger partial charge in [0.2, 0.25) is 17.7 Å². The predicted molar refractivity (Wildman–Crippen MR) is 124 cm³/mol. The Morgan fingerprint density at radius 2 is 2.00 bits per heavy atom. The van der Waals surface area contributed by atoms with Crippen LogP contribution in [-0.4, -0.2) is 73.8 Å². The fourth-order valence-corrected chi connectivity index (χ4v) is 5.33. The van der Waals surface area contributed by atoms with E-state index in [1.807, 2.05) is 25.7 Å². The number of likely N-dealkylation sites (tertiary alicyclic amines) is 2. The summed E-state index contributed by atoms with van der Waals surface area (Å²) in [6.45, 7) is 9.26. The minimum Gasteiger partial charge on any atom is -0.423 e. The number of aromatic nitrogens is 4. The number of aryl methyl sites for hydroxylation is 1. The largest absolute Gasteiger partial charge is 0.423 e. The summed E-state index contributed by atoms with van der Waals surface area (Å²) in [4.78, 5) is 29.9. The van der Waals surface area contributed by atoms with Gasteiger partial charge in [0.25, 0.3) is 5.91 Å². The minimum atomic E-state index is -0.0753. The van der Waals surface area contributed by atoms with Crippen LogP contribution in [0.2, 0.25) is 0 Å². The third-order valence-corrected chi connectivity index (χ3v) is 7.48. The summed E-state index contributed by atoms with van der Waals surface area (Å²) in [6, 6.07) is 2.06. The van der Waals surface area contributed by atoms with E-state index in [1.165, 1.54) is 0 Å². The second-order valence-electron chi connectivity index (χ2n) is 10.4. The summed E-state index contributed by atoms with van der Waals surface area (Å²) >= 11 is 0. The summed E-state index contributed by atoms with van der Waals surface area (Å²) in [5.41, 5.74) is 0.673. The third-order valence-electron chi connectivity index (χ3n) is 7.48. The molecule has 2 aromatic rings. The van der Waals surface area contributed by atoms with Gasteiger partial charge >= 0.3 is 0 Å². The number of rotatable bonds is 7. The highest BCUT2D eigenvalue weighted by Crippen LogP contribution is 2.49. The molecule has 1 atom stereocenters. The molecule has 0 bridgehead atoms. The molecule has 1 unspecified atom stereocenters. The first kappa shape index (κ1) is 23.0. The quantitative estimate of drug-likeness (QED) is 0.663. The normalized spacial score (nSPS) is 22.6. The van der Waals surface area contributed by atoms with Gasteiger partial charge in [-0.2, -0.15) is 5.10 Å². The van der Waals surface area contributed by atoms with Crippen LogP contribution in [0, 0.1) is 5.41 Å². The van der Waals surface area contributed by atoms with Crippen LogP contribution < -0.4 is 5.32 Å². The Kier molecular flexibility index (Phi) is 6.18. The Labute approximate surface area is 200 Å². The maximum atomic E-state index is 13.1. The molecule has 2 amide bonds. The van der Waals surface area contributed by atoms with Crippen molar-refractivity contribution in [3.05, 3.63) is 29.7 Å². The molecule has 34 heavy (non-hydrogen) atoms. The van der Waals surface area contributed by atoms with Gasteiger partial charge in [0.15, 0.2) is 0 Å². The van der Waals surface area contributed by atoms with Gasteiger partial charge in [-0.3, -0.25) is 19.2 Å². The van der Waals surface area contributed by atoms with Crippen molar-refractivity contribution < 1.29 is 14.0 Å². The molecule has 10 nitrogen and oxygen atoms in total. The van der Waals surface area contributed by atoms with E-state index in [9.17, 15) is 9.59 Å². The van der Waals surface area contributed by atoms with Gasteiger partial charge in [0.1, 0.15) is 5.69 Å². The molecule has 184 valence electrons. The molecule has 2 aromatic heterocycles. The number of nitrogens with zero attached hydrogens (tertiary/aromatic N) is 6. The molecule has 3 fully saturated rings. The number of piperidine rings is 1. The van der Waals surface area contributed by atoms with Crippen molar-refractivity contribution in [1.29, 1.82) is 0 Å². The lowest BCUT2D eigenvalue weighted by Gasteiger charge is -2.39. The fraction of sp³-hybridized carbons (Fsp3) is 0.708. The van der Waals surface area contributed by atoms with Gasteiger partial charge in [-0.1, -0.05) is 13.8 Å². The van der Waals surface area contributed by atoms with Crippen LogP contribution in [0.25, 0.3) is 0 Å². The molecule has 1 saturated carbocycles. The summed E-state index contributed by atoms with van der Waals surface area (Å²) in [5, 5.41) is 16.0. The Bertz CT molecular complexity index is 1030. The van der Waals surface area contributed by atoms with E-state index >= 15 is 0 Å². The van der Waals surface area contributed by atoms with Gasteiger partial charge in [-0.05, 0) is 50.5 Å². The SMILES string of the molecule is CCn1nccc1C(=O)N1CCC2(CC1)CC(c1nnc(C(C)C)o1)N(CC(=O)NC1CC1)C2. The first-order valence-corrected chi connectivity index (χ1v) is 12.6. The highest BCUT2D eigenvalue weighted by atomic mass is 16.4. The van der Waals surface area contributed by atoms with Crippen LogP contribution in [0.5, 0.6) is 0 Å². The van der Waals surface area contributed by atoms with Crippen molar-refractivity contribution in [1.82, 2.24) is 35.1 Å². The van der Waals surface area contributed by atoms with Crippen molar-refractivity contribution in [2.75, 3.05) is 26.2 Å². The zero-order valence-electron chi connectivity index (χ0n) is 20.4. The molecule has 0 aromatic carbocycles.